The van der Waals surface area contributed by atoms with Crippen LogP contribution < -0.4 is 16.2 Å². The predicted octanol–water partition coefficient (Wildman–Crippen LogP) is 3.51. The van der Waals surface area contributed by atoms with Crippen LogP contribution in [0.4, 0.5) is 5.13 Å². The molecule has 0 amide bonds. The Morgan fingerprint density at radius 2 is 1.64 bits per heavy atom. The molecule has 0 fully saturated rings. The van der Waals surface area contributed by atoms with E-state index >= 15 is 0 Å². The maximum absolute atomic E-state index is 5.75. The lowest BCUT2D eigenvalue weighted by Gasteiger charge is -2.05. The molecule has 0 radical (unpaired) electrons. The number of hydrogen-bond acceptors (Lipinski definition) is 4. The molecule has 0 spiro atoms. The highest BCUT2D eigenvalue weighted by Crippen LogP contribution is 2.29. The molecule has 2 aromatic carbocycles. The quantitative estimate of drug-likeness (QED) is 0.570. The van der Waals surface area contributed by atoms with Gasteiger partial charge in [-0.1, -0.05) is 18.2 Å². The standard InChI is InChI=1S/C16H14N4OS/c17-15(18)20-16-19-14(10-22-16)11-6-8-13(9-7-11)21-12-4-2-1-3-5-12/h1-10H,(H4,17,18,19,20). The van der Waals surface area contributed by atoms with E-state index in [0.717, 1.165) is 22.8 Å². The van der Waals surface area contributed by atoms with Crippen LogP contribution >= 0.6 is 11.3 Å². The van der Waals surface area contributed by atoms with Crippen LogP contribution in [0.2, 0.25) is 0 Å². The Labute approximate surface area is 131 Å². The van der Waals surface area contributed by atoms with Gasteiger partial charge < -0.3 is 16.2 Å². The summed E-state index contributed by atoms with van der Waals surface area (Å²) < 4.78 is 5.75. The summed E-state index contributed by atoms with van der Waals surface area (Å²) in [5.41, 5.74) is 12.5. The number of aliphatic imine (C=N–C) groups is 1. The van der Waals surface area contributed by atoms with Crippen molar-refractivity contribution in [2.75, 3.05) is 0 Å². The number of aromatic nitrogens is 1. The zero-order valence-electron chi connectivity index (χ0n) is 11.6. The topological polar surface area (TPSA) is 86.5 Å². The van der Waals surface area contributed by atoms with Crippen LogP contribution in [-0.2, 0) is 0 Å². The first-order chi connectivity index (χ1) is 10.7. The summed E-state index contributed by atoms with van der Waals surface area (Å²) in [4.78, 5) is 8.30. The Hall–Kier alpha value is -2.86. The van der Waals surface area contributed by atoms with Crippen molar-refractivity contribution in [3.8, 4) is 22.8 Å². The van der Waals surface area contributed by atoms with Gasteiger partial charge in [-0.2, -0.15) is 4.99 Å². The number of nitrogens with zero attached hydrogens (tertiary/aromatic N) is 2. The maximum Gasteiger partial charge on any atom is 0.212 e. The van der Waals surface area contributed by atoms with Crippen molar-refractivity contribution in [1.82, 2.24) is 4.98 Å². The number of benzene rings is 2. The van der Waals surface area contributed by atoms with Crippen LogP contribution in [0.15, 0.2) is 65.0 Å². The van der Waals surface area contributed by atoms with E-state index in [4.69, 9.17) is 16.2 Å². The van der Waals surface area contributed by atoms with E-state index in [1.807, 2.05) is 60.0 Å². The lowest BCUT2D eigenvalue weighted by molar-refractivity contribution is 0.483. The van der Waals surface area contributed by atoms with E-state index in [1.54, 1.807) is 0 Å². The minimum Gasteiger partial charge on any atom is -0.457 e. The molecule has 3 rings (SSSR count). The Kier molecular flexibility index (Phi) is 4.02. The van der Waals surface area contributed by atoms with Crippen LogP contribution in [0.25, 0.3) is 11.3 Å². The van der Waals surface area contributed by atoms with Gasteiger partial charge in [-0.15, -0.1) is 11.3 Å². The van der Waals surface area contributed by atoms with Gasteiger partial charge in [0.1, 0.15) is 11.5 Å². The monoisotopic (exact) mass is 310 g/mol. The Morgan fingerprint density at radius 3 is 2.32 bits per heavy atom. The lowest BCUT2D eigenvalue weighted by Crippen LogP contribution is -2.21. The molecule has 0 aliphatic heterocycles. The van der Waals surface area contributed by atoms with Gasteiger partial charge in [0, 0.05) is 10.9 Å². The first kappa shape index (κ1) is 14.1. The molecule has 1 aromatic heterocycles. The fraction of sp³-hybridized carbons (Fsp3) is 0. The highest BCUT2D eigenvalue weighted by atomic mass is 32.1. The predicted molar refractivity (Wildman–Crippen MR) is 89.5 cm³/mol. The third kappa shape index (κ3) is 3.42. The van der Waals surface area contributed by atoms with E-state index < -0.39 is 0 Å². The summed E-state index contributed by atoms with van der Waals surface area (Å²) >= 11 is 1.39. The van der Waals surface area contributed by atoms with Crippen LogP contribution in [-0.4, -0.2) is 10.9 Å². The maximum atomic E-state index is 5.75. The minimum atomic E-state index is 0.00695. The second-order valence-corrected chi connectivity index (χ2v) is 5.33. The van der Waals surface area contributed by atoms with Crippen molar-refractivity contribution in [2.45, 2.75) is 0 Å². The second kappa shape index (κ2) is 6.28. The molecule has 0 atom stereocenters. The van der Waals surface area contributed by atoms with Gasteiger partial charge in [-0.25, -0.2) is 4.98 Å². The summed E-state index contributed by atoms with van der Waals surface area (Å²) in [6.07, 6.45) is 0. The first-order valence-electron chi connectivity index (χ1n) is 6.59. The van der Waals surface area contributed by atoms with Crippen molar-refractivity contribution in [3.63, 3.8) is 0 Å². The normalized spacial score (nSPS) is 10.2. The first-order valence-corrected chi connectivity index (χ1v) is 7.47. The molecule has 22 heavy (non-hydrogen) atoms. The molecular formula is C16H14N4OS. The number of hydrogen-bond donors (Lipinski definition) is 2. The molecule has 0 aliphatic rings. The molecule has 0 aliphatic carbocycles. The average Bonchev–Trinajstić information content (AvgIpc) is 2.97. The zero-order chi connectivity index (χ0) is 15.4. The summed E-state index contributed by atoms with van der Waals surface area (Å²) in [6.45, 7) is 0. The molecule has 0 saturated heterocycles. The molecule has 5 nitrogen and oxygen atoms in total. The molecule has 6 heteroatoms. The fourth-order valence-corrected chi connectivity index (χ4v) is 2.59. The Balaban J connectivity index is 1.76. The third-order valence-electron chi connectivity index (χ3n) is 2.85. The number of para-hydroxylation sites is 1. The average molecular weight is 310 g/mol. The fourth-order valence-electron chi connectivity index (χ4n) is 1.88. The van der Waals surface area contributed by atoms with Crippen LogP contribution in [0, 0.1) is 0 Å². The molecule has 0 bridgehead atoms. The van der Waals surface area contributed by atoms with Crippen LogP contribution in [0.3, 0.4) is 0 Å². The number of rotatable bonds is 4. The summed E-state index contributed by atoms with van der Waals surface area (Å²) in [5, 5.41) is 2.45. The largest absolute Gasteiger partial charge is 0.457 e. The van der Waals surface area contributed by atoms with Gasteiger partial charge in [-0.3, -0.25) is 0 Å². The van der Waals surface area contributed by atoms with Crippen LogP contribution in [0.5, 0.6) is 11.5 Å². The van der Waals surface area contributed by atoms with Crippen molar-refractivity contribution in [3.05, 3.63) is 60.0 Å². The van der Waals surface area contributed by atoms with Crippen molar-refractivity contribution in [1.29, 1.82) is 0 Å². The summed E-state index contributed by atoms with van der Waals surface area (Å²) in [7, 11) is 0. The highest BCUT2D eigenvalue weighted by molar-refractivity contribution is 7.13. The van der Waals surface area contributed by atoms with E-state index in [1.165, 1.54) is 11.3 Å². The van der Waals surface area contributed by atoms with E-state index in [9.17, 15) is 0 Å². The lowest BCUT2D eigenvalue weighted by atomic mass is 10.2. The summed E-state index contributed by atoms with van der Waals surface area (Å²) in [5.74, 6) is 1.58. The molecule has 0 unspecified atom stereocenters. The van der Waals surface area contributed by atoms with Gasteiger partial charge >= 0.3 is 0 Å². The van der Waals surface area contributed by atoms with Gasteiger partial charge in [0.15, 0.2) is 5.96 Å². The van der Waals surface area contributed by atoms with Gasteiger partial charge in [-0.05, 0) is 36.4 Å². The zero-order valence-corrected chi connectivity index (χ0v) is 12.5. The number of thiazole rings is 1. The number of guanidine groups is 1. The minimum absolute atomic E-state index is 0.00695. The van der Waals surface area contributed by atoms with Crippen molar-refractivity contribution in [2.24, 2.45) is 16.5 Å². The Morgan fingerprint density at radius 1 is 0.955 bits per heavy atom. The van der Waals surface area contributed by atoms with Gasteiger partial charge in [0.2, 0.25) is 5.13 Å². The van der Waals surface area contributed by atoms with E-state index in [2.05, 4.69) is 9.98 Å². The van der Waals surface area contributed by atoms with E-state index in [0.29, 0.717) is 5.13 Å². The van der Waals surface area contributed by atoms with Crippen LogP contribution in [0.1, 0.15) is 0 Å². The summed E-state index contributed by atoms with van der Waals surface area (Å²) in [6, 6.07) is 17.4. The van der Waals surface area contributed by atoms with Crippen molar-refractivity contribution >= 4 is 22.4 Å². The Bertz CT molecular complexity index is 777. The molecule has 0 saturated carbocycles. The SMILES string of the molecule is NC(N)=Nc1nc(-c2ccc(Oc3ccccc3)cc2)cs1. The molecular weight excluding hydrogens is 296 g/mol. The molecule has 4 N–H and O–H groups in total. The number of ether oxygens (including phenoxy) is 1. The molecule has 3 aromatic rings. The highest BCUT2D eigenvalue weighted by Gasteiger charge is 2.05. The second-order valence-electron chi connectivity index (χ2n) is 4.49. The van der Waals surface area contributed by atoms with E-state index in [-0.39, 0.29) is 5.96 Å². The van der Waals surface area contributed by atoms with Gasteiger partial charge in [0.05, 0.1) is 5.69 Å². The molecule has 1 heterocycles. The number of nitrogens with two attached hydrogens (primary N) is 2. The third-order valence-corrected chi connectivity index (χ3v) is 3.58. The van der Waals surface area contributed by atoms with Gasteiger partial charge in [0.25, 0.3) is 0 Å². The van der Waals surface area contributed by atoms with Crippen molar-refractivity contribution < 1.29 is 4.74 Å². The smallest absolute Gasteiger partial charge is 0.212 e. The molecule has 110 valence electrons.